The number of phenols is 1. The van der Waals surface area contributed by atoms with Crippen LogP contribution < -0.4 is 5.69 Å². The summed E-state index contributed by atoms with van der Waals surface area (Å²) in [4.78, 5) is 33.3. The fourth-order valence-corrected chi connectivity index (χ4v) is 7.65. The Bertz CT molecular complexity index is 1560. The Morgan fingerprint density at radius 2 is 1.76 bits per heavy atom. The van der Waals surface area contributed by atoms with Crippen LogP contribution in [0.25, 0.3) is 11.0 Å². The van der Waals surface area contributed by atoms with Gasteiger partial charge in [-0.1, -0.05) is 23.7 Å². The number of imidazole rings is 1. The average Bonchev–Trinajstić information content (AvgIpc) is 3.36. The number of aromatic nitrogens is 2. The predicted octanol–water partition coefficient (Wildman–Crippen LogP) is 6.38. The molecule has 2 heterocycles. The van der Waals surface area contributed by atoms with Crippen LogP contribution in [-0.4, -0.2) is 74.8 Å². The number of H-pyrrole nitrogens is 1. The number of nitrogens with zero attached hydrogens (tertiary/aromatic N) is 3. The van der Waals surface area contributed by atoms with E-state index in [0.717, 1.165) is 62.0 Å². The maximum Gasteiger partial charge on any atom is 0.420 e. The van der Waals surface area contributed by atoms with E-state index < -0.39 is 34.5 Å². The Morgan fingerprint density at radius 1 is 1.09 bits per heavy atom. The number of fused-ring (bicyclic) bond motifs is 1. The molecular formula is C34H44ClF3N4O4. The number of para-hydroxylation sites is 2. The van der Waals surface area contributed by atoms with Gasteiger partial charge in [0.15, 0.2) is 0 Å². The van der Waals surface area contributed by atoms with Gasteiger partial charge in [-0.25, -0.2) is 4.79 Å². The second-order valence-electron chi connectivity index (χ2n) is 13.4. The van der Waals surface area contributed by atoms with E-state index in [9.17, 15) is 33.0 Å². The molecule has 1 aliphatic carbocycles. The molecule has 0 radical (unpaired) electrons. The van der Waals surface area contributed by atoms with Crippen molar-refractivity contribution in [3.05, 3.63) is 63.0 Å². The summed E-state index contributed by atoms with van der Waals surface area (Å²) in [7, 11) is 4.01. The number of aliphatic hydroxyl groups excluding tert-OH is 1. The molecule has 2 fully saturated rings. The summed E-state index contributed by atoms with van der Waals surface area (Å²) < 4.78 is 42.7. The van der Waals surface area contributed by atoms with Crippen LogP contribution >= 0.6 is 11.6 Å². The third-order valence-electron chi connectivity index (χ3n) is 10.0. The van der Waals surface area contributed by atoms with Crippen LogP contribution in [-0.2, 0) is 17.4 Å². The van der Waals surface area contributed by atoms with Crippen molar-refractivity contribution in [3.63, 3.8) is 0 Å². The van der Waals surface area contributed by atoms with Crippen molar-refractivity contribution >= 4 is 28.5 Å². The van der Waals surface area contributed by atoms with Crippen LogP contribution in [0.4, 0.5) is 13.2 Å². The Labute approximate surface area is 272 Å². The van der Waals surface area contributed by atoms with Gasteiger partial charge in [-0.3, -0.25) is 9.36 Å². The first-order chi connectivity index (χ1) is 21.8. The third-order valence-corrected chi connectivity index (χ3v) is 10.3. The molecule has 1 saturated heterocycles. The number of phenolic OH excluding ortho intramolecular Hbond substituents is 1. The molecule has 3 N–H and O–H groups in total. The van der Waals surface area contributed by atoms with Gasteiger partial charge in [0.2, 0.25) is 5.91 Å². The zero-order valence-corrected chi connectivity index (χ0v) is 27.2. The molecule has 1 aliphatic heterocycles. The number of aromatic amines is 1. The Hall–Kier alpha value is -3.02. The third kappa shape index (κ3) is 7.91. The number of hydrogen-bond acceptors (Lipinski definition) is 5. The Morgan fingerprint density at radius 3 is 2.41 bits per heavy atom. The number of alkyl halides is 3. The van der Waals surface area contributed by atoms with Crippen LogP contribution in [0, 0.1) is 11.8 Å². The lowest BCUT2D eigenvalue weighted by atomic mass is 9.81. The van der Waals surface area contributed by atoms with Crippen LogP contribution in [0.2, 0.25) is 5.02 Å². The molecule has 5 rings (SSSR count). The van der Waals surface area contributed by atoms with Gasteiger partial charge in [0, 0.05) is 31.1 Å². The quantitative estimate of drug-likeness (QED) is 0.234. The van der Waals surface area contributed by atoms with E-state index in [2.05, 4.69) is 9.88 Å². The number of nitrogens with one attached hydrogen (secondary N) is 1. The number of hydrogen-bond donors (Lipinski definition) is 3. The highest BCUT2D eigenvalue weighted by molar-refractivity contribution is 6.32. The molecule has 2 aromatic carbocycles. The smallest absolute Gasteiger partial charge is 0.420 e. The van der Waals surface area contributed by atoms with Gasteiger partial charge in [-0.2, -0.15) is 13.2 Å². The molecule has 2 atom stereocenters. The number of aromatic hydroxyl groups is 1. The van der Waals surface area contributed by atoms with E-state index in [1.807, 2.05) is 42.9 Å². The highest BCUT2D eigenvalue weighted by atomic mass is 35.5. The van der Waals surface area contributed by atoms with Crippen LogP contribution in [0.5, 0.6) is 5.75 Å². The lowest BCUT2D eigenvalue weighted by molar-refractivity contribution is -0.138. The first-order valence-electron chi connectivity index (χ1n) is 16.2. The second-order valence-corrected chi connectivity index (χ2v) is 13.8. The summed E-state index contributed by atoms with van der Waals surface area (Å²) in [5, 5.41) is 20.7. The minimum absolute atomic E-state index is 0.0307. The Balaban J connectivity index is 1.23. The van der Waals surface area contributed by atoms with Gasteiger partial charge in [0.05, 0.1) is 27.7 Å². The van der Waals surface area contributed by atoms with E-state index in [1.165, 1.54) is 6.07 Å². The first-order valence-corrected chi connectivity index (χ1v) is 16.6. The molecule has 1 amide bonds. The Kier molecular flexibility index (Phi) is 10.7. The van der Waals surface area contributed by atoms with E-state index in [0.29, 0.717) is 31.5 Å². The molecule has 0 spiro atoms. The topological polar surface area (TPSA) is 102 Å². The molecule has 0 bridgehead atoms. The number of carbonyl (C=O) groups excluding carboxylic acids is 1. The summed E-state index contributed by atoms with van der Waals surface area (Å²) in [6, 6.07) is 10.3. The largest absolute Gasteiger partial charge is 0.506 e. The number of halogens is 4. The van der Waals surface area contributed by atoms with E-state index >= 15 is 0 Å². The minimum Gasteiger partial charge on any atom is -0.506 e. The lowest BCUT2D eigenvalue weighted by Crippen LogP contribution is -2.47. The number of benzene rings is 2. The maximum atomic E-state index is 13.8. The number of amides is 1. The standard InChI is InChI=1S/C34H44ClF3N4O4/c1-40(2)24-13-15-41(16-14-24)32(45)23(17-22-18-27(34(36,37)38)31(44)28(35)19-22)20-26(43)12-9-21-7-10-25(11-8-21)42-30-6-4-3-5-29(30)39-33(42)46/h3-6,18-19,21,23-26,43-44H,7-17,20H2,1-2H3,(H,39,46)/t21?,23-,25?,26?/m0/s1. The van der Waals surface area contributed by atoms with E-state index in [4.69, 9.17) is 11.6 Å². The first kappa shape index (κ1) is 34.3. The second kappa shape index (κ2) is 14.4. The van der Waals surface area contributed by atoms with Gasteiger partial charge in [0.1, 0.15) is 5.75 Å². The molecule has 3 aromatic rings. The number of piperidine rings is 1. The van der Waals surface area contributed by atoms with E-state index in [1.54, 1.807) is 4.90 Å². The zero-order chi connectivity index (χ0) is 33.2. The highest BCUT2D eigenvalue weighted by Gasteiger charge is 2.37. The van der Waals surface area contributed by atoms with Gasteiger partial charge < -0.3 is 25.0 Å². The van der Waals surface area contributed by atoms with Crippen LogP contribution in [0.1, 0.15) is 75.0 Å². The molecule has 1 saturated carbocycles. The van der Waals surface area contributed by atoms with Crippen LogP contribution in [0.3, 0.4) is 0 Å². The molecule has 2 aliphatic rings. The molecule has 12 heteroatoms. The molecular weight excluding hydrogens is 621 g/mol. The average molecular weight is 665 g/mol. The highest BCUT2D eigenvalue weighted by Crippen LogP contribution is 2.41. The van der Waals surface area contributed by atoms with Gasteiger partial charge in [0.25, 0.3) is 0 Å². The SMILES string of the molecule is CN(C)C1CCN(C(=O)[C@@H](Cc2cc(Cl)c(O)c(C(F)(F)F)c2)CC(O)CCC2CCC(n3c(=O)[nH]c4ccccc43)CC2)CC1. The van der Waals surface area contributed by atoms with Crippen molar-refractivity contribution in [2.24, 2.45) is 11.8 Å². The molecule has 252 valence electrons. The monoisotopic (exact) mass is 664 g/mol. The summed E-state index contributed by atoms with van der Waals surface area (Å²) in [5.74, 6) is -1.58. The normalized spacial score (nSPS) is 21.2. The number of likely N-dealkylation sites (tertiary alicyclic amines) is 1. The summed E-state index contributed by atoms with van der Waals surface area (Å²) in [6.07, 6.45) is 0.838. The van der Waals surface area contributed by atoms with Gasteiger partial charge in [-0.05, 0) is 114 Å². The van der Waals surface area contributed by atoms with Gasteiger partial charge in [-0.15, -0.1) is 0 Å². The van der Waals surface area contributed by atoms with Crippen molar-refractivity contribution in [3.8, 4) is 5.75 Å². The summed E-state index contributed by atoms with van der Waals surface area (Å²) in [5.41, 5.74) is 0.589. The number of rotatable bonds is 10. The van der Waals surface area contributed by atoms with Crippen molar-refractivity contribution < 1.29 is 28.2 Å². The zero-order valence-electron chi connectivity index (χ0n) is 26.4. The number of aliphatic hydroxyl groups is 1. The molecule has 1 aromatic heterocycles. The van der Waals surface area contributed by atoms with Crippen molar-refractivity contribution in [1.29, 1.82) is 0 Å². The minimum atomic E-state index is -4.81. The predicted molar refractivity (Wildman–Crippen MR) is 172 cm³/mol. The fourth-order valence-electron chi connectivity index (χ4n) is 7.41. The van der Waals surface area contributed by atoms with Crippen LogP contribution in [0.15, 0.2) is 41.2 Å². The van der Waals surface area contributed by atoms with Crippen molar-refractivity contribution in [2.75, 3.05) is 27.2 Å². The van der Waals surface area contributed by atoms with Crippen molar-refractivity contribution in [1.82, 2.24) is 19.4 Å². The lowest BCUT2D eigenvalue weighted by Gasteiger charge is -2.37. The molecule has 1 unspecified atom stereocenters. The summed E-state index contributed by atoms with van der Waals surface area (Å²) in [6.45, 7) is 1.09. The van der Waals surface area contributed by atoms with E-state index in [-0.39, 0.29) is 36.0 Å². The fraction of sp³-hybridized carbons (Fsp3) is 0.588. The molecule has 8 nitrogen and oxygen atoms in total. The number of carbonyl (C=O) groups is 1. The molecule has 46 heavy (non-hydrogen) atoms. The maximum absolute atomic E-state index is 13.8. The van der Waals surface area contributed by atoms with Gasteiger partial charge >= 0.3 is 11.9 Å². The summed E-state index contributed by atoms with van der Waals surface area (Å²) >= 11 is 5.98. The van der Waals surface area contributed by atoms with Crippen molar-refractivity contribution in [2.45, 2.75) is 88.6 Å².